The van der Waals surface area contributed by atoms with E-state index in [9.17, 15) is 4.79 Å². The molecule has 0 bridgehead atoms. The zero-order valence-electron chi connectivity index (χ0n) is 15.0. The monoisotopic (exact) mass is 382 g/mol. The molecule has 0 spiro atoms. The number of carbonyl (C=O) groups excluding carboxylic acids is 1. The van der Waals surface area contributed by atoms with Crippen LogP contribution in [0.15, 0.2) is 54.6 Å². The second-order valence-corrected chi connectivity index (χ2v) is 6.13. The van der Waals surface area contributed by atoms with E-state index < -0.39 is 0 Å². The molecule has 0 saturated carbocycles. The Kier molecular flexibility index (Phi) is 5.88. The molecule has 0 unspecified atom stereocenters. The highest BCUT2D eigenvalue weighted by Crippen LogP contribution is 2.26. The predicted octanol–water partition coefficient (Wildman–Crippen LogP) is 4.83. The fourth-order valence-corrected chi connectivity index (χ4v) is 2.61. The third kappa shape index (κ3) is 4.54. The Morgan fingerprint density at radius 2 is 1.81 bits per heavy atom. The molecule has 1 heterocycles. The minimum atomic E-state index is -0.361. The van der Waals surface area contributed by atoms with Gasteiger partial charge in [-0.1, -0.05) is 29.8 Å². The number of halogens is 1. The Bertz CT molecular complexity index is 945. The Morgan fingerprint density at radius 1 is 1.04 bits per heavy atom. The summed E-state index contributed by atoms with van der Waals surface area (Å²) in [6.07, 6.45) is 0. The summed E-state index contributed by atoms with van der Waals surface area (Å²) >= 11 is 6.12. The minimum absolute atomic E-state index is 0.203. The summed E-state index contributed by atoms with van der Waals surface area (Å²) in [6.45, 7) is 4.31. The number of hydrogen-bond donors (Lipinski definition) is 2. The molecule has 0 atom stereocenters. The van der Waals surface area contributed by atoms with Gasteiger partial charge in [0.15, 0.2) is 11.5 Å². The standard InChI is InChI=1S/C20H19ClN4O2/c1-3-27-18-10-5-4-8-16(18)23-20(26)17-11-12-19(25-24-17)22-15-9-6-7-14(21)13(15)2/h4-12H,3H2,1-2H3,(H,22,25)(H,23,26). The topological polar surface area (TPSA) is 76.1 Å². The number of rotatable bonds is 6. The fourth-order valence-electron chi connectivity index (χ4n) is 2.44. The number of anilines is 3. The number of para-hydroxylation sites is 2. The molecule has 3 rings (SSSR count). The average molecular weight is 383 g/mol. The Balaban J connectivity index is 1.72. The van der Waals surface area contributed by atoms with Gasteiger partial charge in [-0.3, -0.25) is 4.79 Å². The summed E-state index contributed by atoms with van der Waals surface area (Å²) in [4.78, 5) is 12.4. The molecule has 1 amide bonds. The van der Waals surface area contributed by atoms with Crippen molar-refractivity contribution in [2.45, 2.75) is 13.8 Å². The number of aromatic nitrogens is 2. The first-order chi connectivity index (χ1) is 13.1. The molecule has 2 N–H and O–H groups in total. The lowest BCUT2D eigenvalue weighted by Crippen LogP contribution is -2.15. The lowest BCUT2D eigenvalue weighted by Gasteiger charge is -2.11. The number of hydrogen-bond acceptors (Lipinski definition) is 5. The first kappa shape index (κ1) is 18.7. The number of carbonyl (C=O) groups is 1. The third-order valence-electron chi connectivity index (χ3n) is 3.86. The maximum Gasteiger partial charge on any atom is 0.276 e. The van der Waals surface area contributed by atoms with Crippen molar-refractivity contribution in [1.82, 2.24) is 10.2 Å². The molecule has 138 valence electrons. The van der Waals surface area contributed by atoms with E-state index in [1.807, 2.05) is 44.2 Å². The van der Waals surface area contributed by atoms with Gasteiger partial charge < -0.3 is 15.4 Å². The van der Waals surface area contributed by atoms with Crippen molar-refractivity contribution in [3.63, 3.8) is 0 Å². The van der Waals surface area contributed by atoms with Crippen molar-refractivity contribution in [2.24, 2.45) is 0 Å². The van der Waals surface area contributed by atoms with Gasteiger partial charge in [0.2, 0.25) is 0 Å². The average Bonchev–Trinajstić information content (AvgIpc) is 2.68. The highest BCUT2D eigenvalue weighted by atomic mass is 35.5. The highest BCUT2D eigenvalue weighted by Gasteiger charge is 2.12. The van der Waals surface area contributed by atoms with Crippen LogP contribution < -0.4 is 15.4 Å². The SMILES string of the molecule is CCOc1ccccc1NC(=O)c1ccc(Nc2cccc(Cl)c2C)nn1. The van der Waals surface area contributed by atoms with Gasteiger partial charge in [-0.15, -0.1) is 10.2 Å². The van der Waals surface area contributed by atoms with E-state index in [1.165, 1.54) is 0 Å². The van der Waals surface area contributed by atoms with Crippen LogP contribution in [0, 0.1) is 6.92 Å². The van der Waals surface area contributed by atoms with Crippen LogP contribution in [-0.4, -0.2) is 22.7 Å². The summed E-state index contributed by atoms with van der Waals surface area (Å²) in [5.41, 5.74) is 2.53. The maximum atomic E-state index is 12.4. The van der Waals surface area contributed by atoms with E-state index in [0.29, 0.717) is 28.9 Å². The molecule has 0 fully saturated rings. The second-order valence-electron chi connectivity index (χ2n) is 5.72. The van der Waals surface area contributed by atoms with Crippen LogP contribution in [0.4, 0.5) is 17.2 Å². The zero-order chi connectivity index (χ0) is 19.2. The van der Waals surface area contributed by atoms with Gasteiger partial charge in [0.05, 0.1) is 12.3 Å². The van der Waals surface area contributed by atoms with Crippen molar-refractivity contribution < 1.29 is 9.53 Å². The zero-order valence-corrected chi connectivity index (χ0v) is 15.7. The number of nitrogens with one attached hydrogen (secondary N) is 2. The van der Waals surface area contributed by atoms with Crippen molar-refractivity contribution >= 4 is 34.7 Å². The third-order valence-corrected chi connectivity index (χ3v) is 4.27. The van der Waals surface area contributed by atoms with Crippen LogP contribution in [-0.2, 0) is 0 Å². The molecule has 0 radical (unpaired) electrons. The van der Waals surface area contributed by atoms with Crippen molar-refractivity contribution in [1.29, 1.82) is 0 Å². The largest absolute Gasteiger partial charge is 0.492 e. The molecule has 27 heavy (non-hydrogen) atoms. The van der Waals surface area contributed by atoms with Crippen LogP contribution in [0.5, 0.6) is 5.75 Å². The normalized spacial score (nSPS) is 10.3. The van der Waals surface area contributed by atoms with E-state index in [1.54, 1.807) is 24.3 Å². The molecule has 0 aliphatic carbocycles. The number of benzene rings is 2. The Labute approximate surface area is 162 Å². The van der Waals surface area contributed by atoms with Crippen molar-refractivity contribution in [3.05, 3.63) is 70.9 Å². The van der Waals surface area contributed by atoms with E-state index in [-0.39, 0.29) is 11.6 Å². The van der Waals surface area contributed by atoms with E-state index in [0.717, 1.165) is 11.3 Å². The molecular formula is C20H19ClN4O2. The van der Waals surface area contributed by atoms with Gasteiger partial charge in [-0.2, -0.15) is 0 Å². The fraction of sp³-hybridized carbons (Fsp3) is 0.150. The molecule has 3 aromatic rings. The van der Waals surface area contributed by atoms with Crippen LogP contribution >= 0.6 is 11.6 Å². The summed E-state index contributed by atoms with van der Waals surface area (Å²) in [6, 6.07) is 16.1. The molecule has 0 saturated heterocycles. The van der Waals surface area contributed by atoms with Gasteiger partial charge in [-0.05, 0) is 55.8 Å². The first-order valence-corrected chi connectivity index (χ1v) is 8.85. The van der Waals surface area contributed by atoms with Gasteiger partial charge in [0.1, 0.15) is 5.75 Å². The van der Waals surface area contributed by atoms with Gasteiger partial charge in [0, 0.05) is 10.7 Å². The maximum absolute atomic E-state index is 12.4. The summed E-state index contributed by atoms with van der Waals surface area (Å²) in [5, 5.41) is 14.7. The Morgan fingerprint density at radius 3 is 2.56 bits per heavy atom. The molecule has 0 aliphatic rings. The van der Waals surface area contributed by atoms with Crippen LogP contribution in [0.1, 0.15) is 23.0 Å². The molecule has 0 aliphatic heterocycles. The smallest absolute Gasteiger partial charge is 0.276 e. The minimum Gasteiger partial charge on any atom is -0.492 e. The lowest BCUT2D eigenvalue weighted by molar-refractivity contribution is 0.102. The lowest BCUT2D eigenvalue weighted by atomic mass is 10.2. The molecule has 6 nitrogen and oxygen atoms in total. The number of amides is 1. The van der Waals surface area contributed by atoms with Crippen molar-refractivity contribution in [3.8, 4) is 5.75 Å². The Hall–Kier alpha value is -3.12. The van der Waals surface area contributed by atoms with Crippen LogP contribution in [0.3, 0.4) is 0 Å². The molecule has 1 aromatic heterocycles. The summed E-state index contributed by atoms with van der Waals surface area (Å²) in [7, 11) is 0. The first-order valence-electron chi connectivity index (χ1n) is 8.47. The van der Waals surface area contributed by atoms with Gasteiger partial charge in [-0.25, -0.2) is 0 Å². The highest BCUT2D eigenvalue weighted by molar-refractivity contribution is 6.31. The molecular weight excluding hydrogens is 364 g/mol. The van der Waals surface area contributed by atoms with Crippen molar-refractivity contribution in [2.75, 3.05) is 17.2 Å². The van der Waals surface area contributed by atoms with Gasteiger partial charge >= 0.3 is 0 Å². The predicted molar refractivity (Wildman–Crippen MR) is 107 cm³/mol. The van der Waals surface area contributed by atoms with E-state index in [2.05, 4.69) is 20.8 Å². The number of nitrogens with zero attached hydrogens (tertiary/aromatic N) is 2. The summed E-state index contributed by atoms with van der Waals surface area (Å²) in [5.74, 6) is 0.766. The van der Waals surface area contributed by atoms with Crippen LogP contribution in [0.25, 0.3) is 0 Å². The summed E-state index contributed by atoms with van der Waals surface area (Å²) < 4.78 is 5.51. The van der Waals surface area contributed by atoms with E-state index >= 15 is 0 Å². The van der Waals surface area contributed by atoms with E-state index in [4.69, 9.17) is 16.3 Å². The van der Waals surface area contributed by atoms with Gasteiger partial charge in [0.25, 0.3) is 5.91 Å². The molecule has 2 aromatic carbocycles. The molecule has 7 heteroatoms. The van der Waals surface area contributed by atoms with Crippen LogP contribution in [0.2, 0.25) is 5.02 Å². The second kappa shape index (κ2) is 8.51. The number of ether oxygens (including phenoxy) is 1. The quantitative estimate of drug-likeness (QED) is 0.638.